The number of imidazole rings is 1. The topological polar surface area (TPSA) is 98.8 Å². The van der Waals surface area contributed by atoms with Crippen LogP contribution in [0, 0.1) is 16.0 Å². The second-order valence-corrected chi connectivity index (χ2v) is 5.99. The number of pyridine rings is 1. The summed E-state index contributed by atoms with van der Waals surface area (Å²) in [5.41, 5.74) is 1.45. The predicted octanol–water partition coefficient (Wildman–Crippen LogP) is 3.08. The zero-order valence-corrected chi connectivity index (χ0v) is 14.9. The van der Waals surface area contributed by atoms with Crippen molar-refractivity contribution < 1.29 is 14.5 Å². The first-order chi connectivity index (χ1) is 13.1. The lowest BCUT2D eigenvalue weighted by Crippen LogP contribution is -2.27. The molecule has 0 saturated carbocycles. The highest BCUT2D eigenvalue weighted by molar-refractivity contribution is 5.74. The van der Waals surface area contributed by atoms with Crippen LogP contribution in [-0.4, -0.2) is 33.4 Å². The van der Waals surface area contributed by atoms with E-state index in [0.717, 1.165) is 5.56 Å². The minimum Gasteiger partial charge on any atom is -0.466 e. The molecule has 1 aromatic carbocycles. The van der Waals surface area contributed by atoms with Crippen LogP contribution in [0.2, 0.25) is 0 Å². The van der Waals surface area contributed by atoms with Crippen LogP contribution < -0.4 is 5.32 Å². The van der Waals surface area contributed by atoms with Crippen LogP contribution in [0.15, 0.2) is 54.7 Å². The molecule has 0 fully saturated rings. The summed E-state index contributed by atoms with van der Waals surface area (Å²) in [6, 6.07) is 14.7. The number of carbonyl (C=O) groups is 1. The molecule has 0 aliphatic carbocycles. The Hall–Kier alpha value is -3.42. The first-order valence-electron chi connectivity index (χ1n) is 8.66. The van der Waals surface area contributed by atoms with Crippen LogP contribution in [-0.2, 0) is 16.0 Å². The van der Waals surface area contributed by atoms with Crippen molar-refractivity contribution in [3.05, 3.63) is 70.4 Å². The van der Waals surface area contributed by atoms with E-state index in [4.69, 9.17) is 4.74 Å². The highest BCUT2D eigenvalue weighted by atomic mass is 16.6. The summed E-state index contributed by atoms with van der Waals surface area (Å²) in [5, 5.41) is 14.5. The van der Waals surface area contributed by atoms with Gasteiger partial charge in [-0.15, -0.1) is 0 Å². The van der Waals surface area contributed by atoms with Crippen molar-refractivity contribution >= 4 is 23.3 Å². The summed E-state index contributed by atoms with van der Waals surface area (Å²) in [6.07, 6.45) is 2.05. The van der Waals surface area contributed by atoms with Gasteiger partial charge in [-0.25, -0.2) is 0 Å². The Labute approximate surface area is 155 Å². The van der Waals surface area contributed by atoms with Gasteiger partial charge >= 0.3 is 11.8 Å². The van der Waals surface area contributed by atoms with E-state index in [1.54, 1.807) is 31.3 Å². The molecule has 1 atom stereocenters. The maximum Gasteiger partial charge on any atom is 0.372 e. The maximum absolute atomic E-state index is 12.3. The molecule has 0 spiro atoms. The van der Waals surface area contributed by atoms with Gasteiger partial charge in [0.15, 0.2) is 0 Å². The summed E-state index contributed by atoms with van der Waals surface area (Å²) in [6.45, 7) is 2.20. The Morgan fingerprint density at radius 1 is 1.26 bits per heavy atom. The third kappa shape index (κ3) is 4.22. The highest BCUT2D eigenvalue weighted by Crippen LogP contribution is 2.25. The average molecular weight is 368 g/mol. The van der Waals surface area contributed by atoms with Crippen molar-refractivity contribution in [2.75, 3.05) is 18.5 Å². The van der Waals surface area contributed by atoms with Crippen LogP contribution in [0.1, 0.15) is 12.5 Å². The summed E-state index contributed by atoms with van der Waals surface area (Å²) in [5.74, 6) is -0.862. The molecule has 8 nitrogen and oxygen atoms in total. The first kappa shape index (κ1) is 18.4. The largest absolute Gasteiger partial charge is 0.466 e. The number of rotatable bonds is 8. The summed E-state index contributed by atoms with van der Waals surface area (Å²) < 4.78 is 6.56. The zero-order chi connectivity index (χ0) is 19.2. The number of nitrogens with zero attached hydrogens (tertiary/aromatic N) is 3. The standard InChI is InChI=1S/C19H20N4O4/c1-2-27-19(24)15(12-14-8-4-3-5-9-14)13-20-17-18(23(25)26)22-11-7-6-10-16(22)21-17/h3-11,15,20H,2,12-13H2,1H3/t15-/m0/s1. The van der Waals surface area contributed by atoms with Crippen LogP contribution in [0.4, 0.5) is 11.6 Å². The van der Waals surface area contributed by atoms with Crippen molar-refractivity contribution in [3.8, 4) is 0 Å². The fraction of sp³-hybridized carbons (Fsp3) is 0.263. The molecule has 0 saturated heterocycles. The second-order valence-electron chi connectivity index (χ2n) is 5.99. The molecule has 2 heterocycles. The molecule has 3 aromatic rings. The fourth-order valence-electron chi connectivity index (χ4n) is 2.89. The number of aromatic nitrogens is 2. The Morgan fingerprint density at radius 2 is 2.00 bits per heavy atom. The van der Waals surface area contributed by atoms with E-state index in [1.165, 1.54) is 4.40 Å². The van der Waals surface area contributed by atoms with Crippen molar-refractivity contribution in [1.82, 2.24) is 9.38 Å². The normalized spacial score (nSPS) is 11.9. The highest BCUT2D eigenvalue weighted by Gasteiger charge is 2.25. The number of esters is 1. The summed E-state index contributed by atoms with van der Waals surface area (Å²) in [4.78, 5) is 27.6. The van der Waals surface area contributed by atoms with Crippen LogP contribution in [0.3, 0.4) is 0 Å². The maximum atomic E-state index is 12.3. The Morgan fingerprint density at radius 3 is 2.70 bits per heavy atom. The van der Waals surface area contributed by atoms with Crippen LogP contribution in [0.25, 0.3) is 5.65 Å². The van der Waals surface area contributed by atoms with E-state index in [9.17, 15) is 14.9 Å². The molecule has 3 rings (SSSR count). The number of anilines is 1. The number of nitro groups is 1. The van der Waals surface area contributed by atoms with E-state index in [1.807, 2.05) is 30.3 Å². The van der Waals surface area contributed by atoms with Gasteiger partial charge in [-0.3, -0.25) is 4.79 Å². The molecule has 27 heavy (non-hydrogen) atoms. The van der Waals surface area contributed by atoms with Gasteiger partial charge in [-0.2, -0.15) is 9.38 Å². The molecule has 1 N–H and O–H groups in total. The molecule has 8 heteroatoms. The Bertz CT molecular complexity index is 939. The van der Waals surface area contributed by atoms with E-state index in [-0.39, 0.29) is 30.8 Å². The molecule has 0 bridgehead atoms. The molecule has 0 aliphatic rings. The van der Waals surface area contributed by atoms with Gasteiger partial charge in [-0.1, -0.05) is 36.4 Å². The third-order valence-corrected chi connectivity index (χ3v) is 4.14. The minimum absolute atomic E-state index is 0.133. The van der Waals surface area contributed by atoms with E-state index >= 15 is 0 Å². The Kier molecular flexibility index (Phi) is 5.65. The second kappa shape index (κ2) is 8.31. The number of fused-ring (bicyclic) bond motifs is 1. The molecular weight excluding hydrogens is 348 g/mol. The summed E-state index contributed by atoms with van der Waals surface area (Å²) in [7, 11) is 0. The molecule has 0 aliphatic heterocycles. The zero-order valence-electron chi connectivity index (χ0n) is 14.9. The monoisotopic (exact) mass is 368 g/mol. The Balaban J connectivity index is 1.82. The number of carbonyl (C=O) groups excluding carboxylic acids is 1. The van der Waals surface area contributed by atoms with Crippen LogP contribution in [0.5, 0.6) is 0 Å². The van der Waals surface area contributed by atoms with Crippen molar-refractivity contribution in [2.45, 2.75) is 13.3 Å². The lowest BCUT2D eigenvalue weighted by atomic mass is 9.99. The minimum atomic E-state index is -0.489. The third-order valence-electron chi connectivity index (χ3n) is 4.14. The van der Waals surface area contributed by atoms with E-state index in [0.29, 0.717) is 12.1 Å². The molecule has 0 unspecified atom stereocenters. The molecular formula is C19H20N4O4. The number of nitrogens with one attached hydrogen (secondary N) is 1. The number of hydrogen-bond donors (Lipinski definition) is 1. The molecule has 0 amide bonds. The van der Waals surface area contributed by atoms with Gasteiger partial charge in [0.05, 0.1) is 18.7 Å². The van der Waals surface area contributed by atoms with E-state index < -0.39 is 10.8 Å². The lowest BCUT2D eigenvalue weighted by molar-refractivity contribution is -0.389. The predicted molar refractivity (Wildman–Crippen MR) is 101 cm³/mol. The van der Waals surface area contributed by atoms with Gasteiger partial charge in [-0.05, 0) is 29.9 Å². The van der Waals surface area contributed by atoms with Crippen molar-refractivity contribution in [1.29, 1.82) is 0 Å². The SMILES string of the molecule is CCOC(=O)[C@H](CNc1nc2ccccn2c1[N+](=O)[O-])Cc1ccccc1. The molecule has 2 aromatic heterocycles. The quantitative estimate of drug-likeness (QED) is 0.373. The number of benzene rings is 1. The smallest absolute Gasteiger partial charge is 0.372 e. The van der Waals surface area contributed by atoms with E-state index in [2.05, 4.69) is 10.3 Å². The first-order valence-corrected chi connectivity index (χ1v) is 8.66. The van der Waals surface area contributed by atoms with Crippen molar-refractivity contribution in [3.63, 3.8) is 0 Å². The number of ether oxygens (including phenoxy) is 1. The van der Waals surface area contributed by atoms with Gasteiger partial charge in [0, 0.05) is 12.6 Å². The lowest BCUT2D eigenvalue weighted by Gasteiger charge is -2.16. The van der Waals surface area contributed by atoms with Crippen molar-refractivity contribution in [2.24, 2.45) is 5.92 Å². The van der Waals surface area contributed by atoms with Gasteiger partial charge in [0.25, 0.3) is 0 Å². The molecule has 140 valence electrons. The molecule has 0 radical (unpaired) electrons. The average Bonchev–Trinajstić information content (AvgIpc) is 3.04. The summed E-state index contributed by atoms with van der Waals surface area (Å²) >= 11 is 0. The van der Waals surface area contributed by atoms with Gasteiger partial charge in [0.1, 0.15) is 0 Å². The number of hydrogen-bond acceptors (Lipinski definition) is 6. The van der Waals surface area contributed by atoms with Gasteiger partial charge in [0.2, 0.25) is 11.5 Å². The van der Waals surface area contributed by atoms with Gasteiger partial charge < -0.3 is 20.2 Å². The van der Waals surface area contributed by atoms with Crippen LogP contribution >= 0.6 is 0 Å². The fourth-order valence-corrected chi connectivity index (χ4v) is 2.89.